The van der Waals surface area contributed by atoms with Gasteiger partial charge in [-0.1, -0.05) is 43.1 Å². The van der Waals surface area contributed by atoms with Crippen LogP contribution < -0.4 is 5.32 Å². The lowest BCUT2D eigenvalue weighted by molar-refractivity contribution is -0.121. The Hall–Kier alpha value is -0.0500. The van der Waals surface area contributed by atoms with E-state index < -0.39 is 0 Å². The fraction of sp³-hybridized carbons (Fsp3) is 0.900. The Morgan fingerprint density at radius 1 is 1.46 bits per heavy atom. The quantitative estimate of drug-likeness (QED) is 0.721. The Morgan fingerprint density at radius 3 is 2.54 bits per heavy atom. The van der Waals surface area contributed by atoms with E-state index in [1.165, 1.54) is 0 Å². The van der Waals surface area contributed by atoms with E-state index in [1.807, 2.05) is 0 Å². The minimum atomic E-state index is 0.155. The van der Waals surface area contributed by atoms with Gasteiger partial charge in [-0.2, -0.15) is 0 Å². The molecular formula is C10H20BrNO. The minimum absolute atomic E-state index is 0.155. The number of rotatable bonds is 6. The summed E-state index contributed by atoms with van der Waals surface area (Å²) in [5.41, 5.74) is 0.155. The third kappa shape index (κ3) is 7.05. The van der Waals surface area contributed by atoms with Crippen LogP contribution in [0, 0.1) is 5.41 Å². The highest BCUT2D eigenvalue weighted by atomic mass is 79.9. The molecule has 0 spiro atoms. The Kier molecular flexibility index (Phi) is 6.39. The van der Waals surface area contributed by atoms with E-state index in [2.05, 4.69) is 42.0 Å². The topological polar surface area (TPSA) is 29.1 Å². The van der Waals surface area contributed by atoms with Crippen molar-refractivity contribution < 1.29 is 4.79 Å². The first-order valence-electron chi connectivity index (χ1n) is 4.84. The van der Waals surface area contributed by atoms with Crippen molar-refractivity contribution in [1.82, 2.24) is 5.32 Å². The second-order valence-electron chi connectivity index (χ2n) is 4.18. The summed E-state index contributed by atoms with van der Waals surface area (Å²) in [6, 6.07) is 0. The van der Waals surface area contributed by atoms with Gasteiger partial charge in [-0.15, -0.1) is 0 Å². The van der Waals surface area contributed by atoms with E-state index >= 15 is 0 Å². The van der Waals surface area contributed by atoms with Crippen LogP contribution in [0.1, 0.15) is 40.0 Å². The molecule has 0 saturated heterocycles. The standard InChI is InChI=1S/C10H20BrNO/c1-4-5-6-9(13)12-8-10(2,3)7-11/h4-8H2,1-3H3,(H,12,13). The summed E-state index contributed by atoms with van der Waals surface area (Å²) in [6.07, 6.45) is 2.73. The number of hydrogen-bond acceptors (Lipinski definition) is 1. The van der Waals surface area contributed by atoms with E-state index in [1.54, 1.807) is 0 Å². The lowest BCUT2D eigenvalue weighted by Gasteiger charge is -2.21. The van der Waals surface area contributed by atoms with Gasteiger partial charge < -0.3 is 5.32 Å². The van der Waals surface area contributed by atoms with Crippen LogP contribution in [0.4, 0.5) is 0 Å². The fourth-order valence-electron chi connectivity index (χ4n) is 0.811. The van der Waals surface area contributed by atoms with Gasteiger partial charge in [0, 0.05) is 18.3 Å². The van der Waals surface area contributed by atoms with Gasteiger partial charge in [0.05, 0.1) is 0 Å². The zero-order valence-electron chi connectivity index (χ0n) is 8.82. The normalized spacial score (nSPS) is 11.4. The average molecular weight is 250 g/mol. The monoisotopic (exact) mass is 249 g/mol. The number of hydrogen-bond donors (Lipinski definition) is 1. The van der Waals surface area contributed by atoms with Crippen molar-refractivity contribution in [3.8, 4) is 0 Å². The molecule has 0 aliphatic heterocycles. The SMILES string of the molecule is CCCCC(=O)NCC(C)(C)CBr. The zero-order valence-corrected chi connectivity index (χ0v) is 10.4. The van der Waals surface area contributed by atoms with Crippen LogP contribution in [0.2, 0.25) is 0 Å². The summed E-state index contributed by atoms with van der Waals surface area (Å²) in [7, 11) is 0. The second kappa shape index (κ2) is 6.41. The van der Waals surface area contributed by atoms with E-state index in [0.29, 0.717) is 6.42 Å². The molecule has 0 aromatic carbocycles. The molecule has 13 heavy (non-hydrogen) atoms. The van der Waals surface area contributed by atoms with Crippen LogP contribution in [0.25, 0.3) is 0 Å². The number of carbonyl (C=O) groups is 1. The molecule has 0 radical (unpaired) electrons. The van der Waals surface area contributed by atoms with Crippen LogP contribution in [-0.4, -0.2) is 17.8 Å². The maximum absolute atomic E-state index is 11.2. The number of amides is 1. The van der Waals surface area contributed by atoms with E-state index in [-0.39, 0.29) is 11.3 Å². The van der Waals surface area contributed by atoms with Crippen molar-refractivity contribution in [2.45, 2.75) is 40.0 Å². The summed E-state index contributed by atoms with van der Waals surface area (Å²) in [5.74, 6) is 0.177. The molecule has 0 aliphatic rings. The molecule has 1 amide bonds. The highest BCUT2D eigenvalue weighted by molar-refractivity contribution is 9.09. The summed E-state index contributed by atoms with van der Waals surface area (Å²) >= 11 is 3.42. The predicted molar refractivity (Wildman–Crippen MR) is 60.1 cm³/mol. The van der Waals surface area contributed by atoms with Crippen molar-refractivity contribution in [3.63, 3.8) is 0 Å². The van der Waals surface area contributed by atoms with Crippen LogP contribution in [0.15, 0.2) is 0 Å². The molecular weight excluding hydrogens is 230 g/mol. The van der Waals surface area contributed by atoms with Gasteiger partial charge in [0.25, 0.3) is 0 Å². The zero-order chi connectivity index (χ0) is 10.3. The van der Waals surface area contributed by atoms with Crippen LogP contribution in [0.5, 0.6) is 0 Å². The van der Waals surface area contributed by atoms with Crippen molar-refractivity contribution >= 4 is 21.8 Å². The van der Waals surface area contributed by atoms with Gasteiger partial charge in [0.15, 0.2) is 0 Å². The van der Waals surface area contributed by atoms with Crippen molar-refractivity contribution in [1.29, 1.82) is 0 Å². The molecule has 0 fully saturated rings. The number of halogens is 1. The van der Waals surface area contributed by atoms with Gasteiger partial charge in [-0.25, -0.2) is 0 Å². The second-order valence-corrected chi connectivity index (χ2v) is 4.74. The number of carbonyl (C=O) groups excluding carboxylic acids is 1. The van der Waals surface area contributed by atoms with E-state index in [4.69, 9.17) is 0 Å². The molecule has 78 valence electrons. The Balaban J connectivity index is 3.57. The third-order valence-electron chi connectivity index (χ3n) is 1.88. The lowest BCUT2D eigenvalue weighted by atomic mass is 9.97. The number of unbranched alkanes of at least 4 members (excludes halogenated alkanes) is 1. The molecule has 0 aromatic rings. The van der Waals surface area contributed by atoms with Crippen molar-refractivity contribution in [2.24, 2.45) is 5.41 Å². The van der Waals surface area contributed by atoms with Crippen molar-refractivity contribution in [2.75, 3.05) is 11.9 Å². The van der Waals surface area contributed by atoms with Gasteiger partial charge in [-0.3, -0.25) is 4.79 Å². The van der Waals surface area contributed by atoms with E-state index in [9.17, 15) is 4.79 Å². The Labute approximate surface area is 89.6 Å². The molecule has 0 aromatic heterocycles. The summed E-state index contributed by atoms with van der Waals surface area (Å²) in [6.45, 7) is 7.10. The van der Waals surface area contributed by atoms with Crippen LogP contribution in [0.3, 0.4) is 0 Å². The predicted octanol–water partition coefficient (Wildman–Crippen LogP) is 2.71. The Bertz CT molecular complexity index is 157. The molecule has 3 heteroatoms. The first kappa shape index (κ1) is 12.9. The lowest BCUT2D eigenvalue weighted by Crippen LogP contribution is -2.34. The third-order valence-corrected chi connectivity index (χ3v) is 3.40. The highest BCUT2D eigenvalue weighted by Crippen LogP contribution is 2.16. The molecule has 0 bridgehead atoms. The maximum atomic E-state index is 11.2. The smallest absolute Gasteiger partial charge is 0.220 e. The first-order chi connectivity index (χ1) is 6.02. The summed E-state index contributed by atoms with van der Waals surface area (Å²) < 4.78 is 0. The molecule has 0 atom stereocenters. The first-order valence-corrected chi connectivity index (χ1v) is 5.96. The largest absolute Gasteiger partial charge is 0.356 e. The van der Waals surface area contributed by atoms with Gasteiger partial charge in [0.1, 0.15) is 0 Å². The Morgan fingerprint density at radius 2 is 2.08 bits per heavy atom. The number of nitrogens with one attached hydrogen (secondary N) is 1. The number of alkyl halides is 1. The van der Waals surface area contributed by atoms with Crippen molar-refractivity contribution in [3.05, 3.63) is 0 Å². The molecule has 2 nitrogen and oxygen atoms in total. The molecule has 1 N–H and O–H groups in total. The minimum Gasteiger partial charge on any atom is -0.356 e. The van der Waals surface area contributed by atoms with Crippen LogP contribution >= 0.6 is 15.9 Å². The van der Waals surface area contributed by atoms with Crippen LogP contribution in [-0.2, 0) is 4.79 Å². The fourth-order valence-corrected chi connectivity index (χ4v) is 1.01. The molecule has 0 heterocycles. The molecule has 0 saturated carbocycles. The van der Waals surface area contributed by atoms with Gasteiger partial charge >= 0.3 is 0 Å². The molecule has 0 unspecified atom stereocenters. The average Bonchev–Trinajstić information content (AvgIpc) is 2.11. The van der Waals surface area contributed by atoms with Gasteiger partial charge in [0.2, 0.25) is 5.91 Å². The molecule has 0 rings (SSSR count). The van der Waals surface area contributed by atoms with E-state index in [0.717, 1.165) is 24.7 Å². The summed E-state index contributed by atoms with van der Waals surface area (Å²) in [5, 5.41) is 3.85. The summed E-state index contributed by atoms with van der Waals surface area (Å²) in [4.78, 5) is 11.2. The van der Waals surface area contributed by atoms with Gasteiger partial charge in [-0.05, 0) is 11.8 Å². The maximum Gasteiger partial charge on any atom is 0.220 e. The highest BCUT2D eigenvalue weighted by Gasteiger charge is 2.16. The molecule has 0 aliphatic carbocycles.